The highest BCUT2D eigenvalue weighted by Gasteiger charge is 2.13. The highest BCUT2D eigenvalue weighted by Crippen LogP contribution is 2.14. The van der Waals surface area contributed by atoms with E-state index in [-0.39, 0.29) is 17.5 Å². The molecule has 1 aromatic heterocycles. The molecule has 1 heterocycles. The van der Waals surface area contributed by atoms with Crippen molar-refractivity contribution in [2.24, 2.45) is 5.92 Å². The smallest absolute Gasteiger partial charge is 0.189 e. The third kappa shape index (κ3) is 2.46. The summed E-state index contributed by atoms with van der Waals surface area (Å²) in [5, 5.41) is 10.8. The molecule has 0 saturated carbocycles. The number of fused-ring (bicyclic) bond motifs is 1. The topological polar surface area (TPSA) is 42.2 Å². The molecule has 0 amide bonds. The summed E-state index contributed by atoms with van der Waals surface area (Å²) in [5.74, 6) is 0.253. The van der Waals surface area contributed by atoms with E-state index in [1.165, 1.54) is 0 Å². The van der Waals surface area contributed by atoms with Crippen LogP contribution in [0.3, 0.4) is 0 Å². The van der Waals surface area contributed by atoms with E-state index in [1.807, 2.05) is 35.8 Å². The van der Waals surface area contributed by atoms with Gasteiger partial charge in [0.25, 0.3) is 0 Å². The molecule has 0 radical (unpaired) electrons. The van der Waals surface area contributed by atoms with Crippen molar-refractivity contribution >= 4 is 10.9 Å². The van der Waals surface area contributed by atoms with Crippen LogP contribution in [0, 0.1) is 5.92 Å². The van der Waals surface area contributed by atoms with Crippen molar-refractivity contribution < 1.29 is 5.11 Å². The van der Waals surface area contributed by atoms with Crippen molar-refractivity contribution in [3.8, 4) is 0 Å². The minimum atomic E-state index is -0.388. The molecule has 3 nitrogen and oxygen atoms in total. The number of pyridine rings is 1. The van der Waals surface area contributed by atoms with Gasteiger partial charge >= 0.3 is 0 Å². The molecule has 2 aromatic rings. The summed E-state index contributed by atoms with van der Waals surface area (Å²) < 4.78 is 1.95. The monoisotopic (exact) mass is 245 g/mol. The first-order valence-corrected chi connectivity index (χ1v) is 6.39. The number of benzene rings is 1. The van der Waals surface area contributed by atoms with Gasteiger partial charge in [-0.05, 0) is 18.1 Å². The number of aliphatic hydroxyl groups is 1. The predicted octanol–water partition coefficient (Wildman–Crippen LogP) is 2.41. The van der Waals surface area contributed by atoms with Gasteiger partial charge in [-0.15, -0.1) is 0 Å². The molecule has 0 aliphatic carbocycles. The Kier molecular flexibility index (Phi) is 3.82. The molecule has 18 heavy (non-hydrogen) atoms. The Bertz CT molecular complexity index is 588. The number of hydrogen-bond donors (Lipinski definition) is 1. The Morgan fingerprint density at radius 2 is 2.00 bits per heavy atom. The molecule has 0 saturated heterocycles. The van der Waals surface area contributed by atoms with Crippen LogP contribution in [0.15, 0.2) is 41.3 Å². The highest BCUT2D eigenvalue weighted by molar-refractivity contribution is 5.78. The molecule has 3 heteroatoms. The van der Waals surface area contributed by atoms with Crippen LogP contribution in [-0.2, 0) is 6.54 Å². The van der Waals surface area contributed by atoms with Gasteiger partial charge in [0.15, 0.2) is 5.43 Å². The summed E-state index contributed by atoms with van der Waals surface area (Å²) in [6.07, 6.45) is 2.32. The van der Waals surface area contributed by atoms with E-state index in [0.717, 1.165) is 11.9 Å². The number of hydrogen-bond acceptors (Lipinski definition) is 2. The van der Waals surface area contributed by atoms with E-state index < -0.39 is 0 Å². The second-order valence-electron chi connectivity index (χ2n) is 4.80. The van der Waals surface area contributed by atoms with Crippen LogP contribution >= 0.6 is 0 Å². The van der Waals surface area contributed by atoms with Gasteiger partial charge in [0.05, 0.1) is 11.6 Å². The van der Waals surface area contributed by atoms with Crippen molar-refractivity contribution in [1.82, 2.24) is 4.57 Å². The van der Waals surface area contributed by atoms with Gasteiger partial charge in [-0.3, -0.25) is 4.79 Å². The average molecular weight is 245 g/mol. The maximum absolute atomic E-state index is 11.7. The van der Waals surface area contributed by atoms with Crippen LogP contribution in [0.2, 0.25) is 0 Å². The fourth-order valence-corrected chi connectivity index (χ4v) is 2.07. The minimum Gasteiger partial charge on any atom is -0.391 e. The highest BCUT2D eigenvalue weighted by atomic mass is 16.3. The molecular formula is C15H19NO2. The van der Waals surface area contributed by atoms with Crippen LogP contribution in [0.1, 0.15) is 20.3 Å². The zero-order valence-corrected chi connectivity index (χ0v) is 10.8. The van der Waals surface area contributed by atoms with Gasteiger partial charge in [-0.1, -0.05) is 32.4 Å². The Balaban J connectivity index is 2.40. The lowest BCUT2D eigenvalue weighted by Crippen LogP contribution is -2.24. The molecule has 0 bridgehead atoms. The number of aliphatic hydroxyl groups excluding tert-OH is 1. The predicted molar refractivity (Wildman–Crippen MR) is 73.7 cm³/mol. The molecular weight excluding hydrogens is 226 g/mol. The summed E-state index contributed by atoms with van der Waals surface area (Å²) >= 11 is 0. The van der Waals surface area contributed by atoms with Crippen LogP contribution in [-0.4, -0.2) is 15.8 Å². The third-order valence-corrected chi connectivity index (χ3v) is 3.57. The van der Waals surface area contributed by atoms with Crippen molar-refractivity contribution in [2.75, 3.05) is 0 Å². The number of nitrogens with zero attached hydrogens (tertiary/aromatic N) is 1. The van der Waals surface area contributed by atoms with Crippen molar-refractivity contribution in [1.29, 1.82) is 0 Å². The van der Waals surface area contributed by atoms with Gasteiger partial charge in [-0.25, -0.2) is 0 Å². The normalized spacial score (nSPS) is 14.6. The van der Waals surface area contributed by atoms with Crippen molar-refractivity contribution in [3.63, 3.8) is 0 Å². The Labute approximate surface area is 107 Å². The van der Waals surface area contributed by atoms with Gasteiger partial charge in [0, 0.05) is 24.2 Å². The molecule has 0 aliphatic heterocycles. The summed E-state index contributed by atoms with van der Waals surface area (Å²) in [6, 6.07) is 9.07. The molecule has 0 aliphatic rings. The molecule has 2 unspecified atom stereocenters. The Morgan fingerprint density at radius 1 is 1.28 bits per heavy atom. The fraction of sp³-hybridized carbons (Fsp3) is 0.400. The van der Waals surface area contributed by atoms with Crippen LogP contribution in [0.4, 0.5) is 0 Å². The van der Waals surface area contributed by atoms with E-state index in [9.17, 15) is 9.90 Å². The van der Waals surface area contributed by atoms with Gasteiger partial charge in [-0.2, -0.15) is 0 Å². The Hall–Kier alpha value is -1.61. The van der Waals surface area contributed by atoms with Crippen LogP contribution in [0.5, 0.6) is 0 Å². The lowest BCUT2D eigenvalue weighted by Gasteiger charge is -2.20. The van der Waals surface area contributed by atoms with Crippen LogP contribution < -0.4 is 5.43 Å². The van der Waals surface area contributed by atoms with Gasteiger partial charge in [0.2, 0.25) is 0 Å². The maximum Gasteiger partial charge on any atom is 0.189 e. The summed E-state index contributed by atoms with van der Waals surface area (Å²) in [5.41, 5.74) is 0.909. The van der Waals surface area contributed by atoms with Crippen molar-refractivity contribution in [2.45, 2.75) is 32.9 Å². The zero-order chi connectivity index (χ0) is 13.1. The van der Waals surface area contributed by atoms with E-state index in [4.69, 9.17) is 0 Å². The zero-order valence-electron chi connectivity index (χ0n) is 10.8. The number of rotatable bonds is 4. The Morgan fingerprint density at radius 3 is 2.72 bits per heavy atom. The van der Waals surface area contributed by atoms with E-state index in [2.05, 4.69) is 6.92 Å². The molecule has 1 N–H and O–H groups in total. The van der Waals surface area contributed by atoms with Crippen molar-refractivity contribution in [3.05, 3.63) is 46.8 Å². The fourth-order valence-electron chi connectivity index (χ4n) is 2.07. The largest absolute Gasteiger partial charge is 0.391 e. The molecule has 0 fully saturated rings. The second kappa shape index (κ2) is 5.36. The average Bonchev–Trinajstić information content (AvgIpc) is 2.41. The first-order chi connectivity index (χ1) is 8.63. The first-order valence-electron chi connectivity index (χ1n) is 6.39. The van der Waals surface area contributed by atoms with Crippen LogP contribution in [0.25, 0.3) is 10.9 Å². The maximum atomic E-state index is 11.7. The molecule has 2 rings (SSSR count). The SMILES string of the molecule is CCC(C)C(O)Cn1ccc(=O)c2ccccc21. The number of para-hydroxylation sites is 1. The first kappa shape index (κ1) is 12.8. The lowest BCUT2D eigenvalue weighted by atomic mass is 10.0. The van der Waals surface area contributed by atoms with Gasteiger partial charge in [0.1, 0.15) is 0 Å². The van der Waals surface area contributed by atoms with Gasteiger partial charge < -0.3 is 9.67 Å². The molecule has 0 spiro atoms. The quantitative estimate of drug-likeness (QED) is 0.898. The van der Waals surface area contributed by atoms with E-state index in [1.54, 1.807) is 12.3 Å². The summed E-state index contributed by atoms with van der Waals surface area (Å²) in [6.45, 7) is 4.63. The standard InChI is InChI=1S/C15H19NO2/c1-3-11(2)15(18)10-16-9-8-14(17)12-6-4-5-7-13(12)16/h4-9,11,15,18H,3,10H2,1-2H3. The molecule has 1 aromatic carbocycles. The summed E-state index contributed by atoms with van der Waals surface area (Å²) in [4.78, 5) is 11.7. The minimum absolute atomic E-state index is 0.0277. The number of aromatic nitrogens is 1. The van der Waals surface area contributed by atoms with E-state index in [0.29, 0.717) is 11.9 Å². The lowest BCUT2D eigenvalue weighted by molar-refractivity contribution is 0.0977. The van der Waals surface area contributed by atoms with E-state index >= 15 is 0 Å². The molecule has 2 atom stereocenters. The second-order valence-corrected chi connectivity index (χ2v) is 4.80. The molecule has 96 valence electrons. The third-order valence-electron chi connectivity index (χ3n) is 3.57. The summed E-state index contributed by atoms with van der Waals surface area (Å²) in [7, 11) is 0.